The summed E-state index contributed by atoms with van der Waals surface area (Å²) in [4.78, 5) is 12.6. The van der Waals surface area contributed by atoms with Crippen molar-refractivity contribution in [3.8, 4) is 11.5 Å². The number of fused-ring (bicyclic) bond motifs is 1. The number of carbonyl (C=O) groups is 1. The van der Waals surface area contributed by atoms with Crippen LogP contribution >= 0.6 is 0 Å². The molecule has 0 saturated heterocycles. The lowest BCUT2D eigenvalue weighted by molar-refractivity contribution is 0.101. The zero-order valence-corrected chi connectivity index (χ0v) is 19.8. The molecule has 4 rings (SSSR count). The second-order valence-electron chi connectivity index (χ2n) is 8.95. The van der Waals surface area contributed by atoms with E-state index in [2.05, 4.69) is 29.6 Å². The Labute approximate surface area is 196 Å². The SMILES string of the molecule is CC(=O)c1c(OCCNC2CCCC2)c(OCCCCc2ccccc2)c2occc2c1C. The Kier molecular flexibility index (Phi) is 8.05. The van der Waals surface area contributed by atoms with Gasteiger partial charge in [-0.25, -0.2) is 0 Å². The molecular formula is C28H35NO4. The summed E-state index contributed by atoms with van der Waals surface area (Å²) in [6.07, 6.45) is 9.65. The third-order valence-electron chi connectivity index (χ3n) is 6.52. The molecule has 1 fully saturated rings. The maximum atomic E-state index is 12.6. The second kappa shape index (κ2) is 11.4. The van der Waals surface area contributed by atoms with Crippen molar-refractivity contribution >= 4 is 16.8 Å². The van der Waals surface area contributed by atoms with E-state index in [-0.39, 0.29) is 5.78 Å². The monoisotopic (exact) mass is 449 g/mol. The molecular weight excluding hydrogens is 414 g/mol. The second-order valence-corrected chi connectivity index (χ2v) is 8.95. The highest BCUT2D eigenvalue weighted by Crippen LogP contribution is 2.43. The molecule has 1 aromatic heterocycles. The Morgan fingerprint density at radius 2 is 1.79 bits per heavy atom. The van der Waals surface area contributed by atoms with Gasteiger partial charge < -0.3 is 19.2 Å². The third-order valence-corrected chi connectivity index (χ3v) is 6.52. The van der Waals surface area contributed by atoms with Gasteiger partial charge in [-0.1, -0.05) is 43.2 Å². The Bertz CT molecular complexity index is 1050. The molecule has 0 spiro atoms. The highest BCUT2D eigenvalue weighted by molar-refractivity contribution is 6.05. The van der Waals surface area contributed by atoms with Crippen molar-refractivity contribution in [2.24, 2.45) is 0 Å². The van der Waals surface area contributed by atoms with Gasteiger partial charge >= 0.3 is 0 Å². The van der Waals surface area contributed by atoms with Crippen LogP contribution in [0.15, 0.2) is 47.1 Å². The van der Waals surface area contributed by atoms with Crippen LogP contribution in [0.4, 0.5) is 0 Å². The molecule has 0 aliphatic heterocycles. The van der Waals surface area contributed by atoms with Crippen molar-refractivity contribution in [2.45, 2.75) is 64.8 Å². The van der Waals surface area contributed by atoms with Crippen LogP contribution in [-0.4, -0.2) is 31.6 Å². The number of unbranched alkanes of at least 4 members (excludes halogenated alkanes) is 1. The molecule has 1 N–H and O–H groups in total. The first-order valence-corrected chi connectivity index (χ1v) is 12.2. The van der Waals surface area contributed by atoms with Gasteiger partial charge in [0.05, 0.1) is 18.4 Å². The Hall–Kier alpha value is -2.79. The fourth-order valence-electron chi connectivity index (χ4n) is 4.79. The first kappa shape index (κ1) is 23.4. The molecule has 1 saturated carbocycles. The minimum Gasteiger partial charge on any atom is -0.487 e. The maximum absolute atomic E-state index is 12.6. The predicted octanol–water partition coefficient (Wildman–Crippen LogP) is 6.26. The number of rotatable bonds is 12. The van der Waals surface area contributed by atoms with Gasteiger partial charge in [0.25, 0.3) is 0 Å². The lowest BCUT2D eigenvalue weighted by Gasteiger charge is -2.19. The number of Topliss-reactive ketones (excluding diaryl/α,β-unsaturated/α-hetero) is 1. The van der Waals surface area contributed by atoms with E-state index in [9.17, 15) is 4.79 Å². The van der Waals surface area contributed by atoms with E-state index in [0.717, 1.165) is 36.8 Å². The number of hydrogen-bond donors (Lipinski definition) is 1. The Balaban J connectivity index is 1.46. The van der Waals surface area contributed by atoms with Crippen molar-refractivity contribution in [3.05, 3.63) is 59.4 Å². The summed E-state index contributed by atoms with van der Waals surface area (Å²) in [5.74, 6) is 1.04. The van der Waals surface area contributed by atoms with E-state index in [1.54, 1.807) is 13.2 Å². The lowest BCUT2D eigenvalue weighted by Crippen LogP contribution is -2.30. The van der Waals surface area contributed by atoms with Gasteiger partial charge in [-0.2, -0.15) is 0 Å². The predicted molar refractivity (Wildman–Crippen MR) is 132 cm³/mol. The van der Waals surface area contributed by atoms with Crippen LogP contribution in [0.5, 0.6) is 11.5 Å². The number of aryl methyl sites for hydroxylation is 2. The van der Waals surface area contributed by atoms with Gasteiger partial charge in [0.2, 0.25) is 5.75 Å². The Morgan fingerprint density at radius 1 is 1.03 bits per heavy atom. The summed E-state index contributed by atoms with van der Waals surface area (Å²) in [6, 6.07) is 13.0. The summed E-state index contributed by atoms with van der Waals surface area (Å²) >= 11 is 0. The van der Waals surface area contributed by atoms with Crippen LogP contribution in [-0.2, 0) is 6.42 Å². The average Bonchev–Trinajstić information content (AvgIpc) is 3.51. The smallest absolute Gasteiger partial charge is 0.205 e. The topological polar surface area (TPSA) is 60.7 Å². The molecule has 5 nitrogen and oxygen atoms in total. The summed E-state index contributed by atoms with van der Waals surface area (Å²) in [5, 5.41) is 4.47. The summed E-state index contributed by atoms with van der Waals surface area (Å²) in [7, 11) is 0. The van der Waals surface area contributed by atoms with E-state index in [0.29, 0.717) is 41.9 Å². The fourth-order valence-corrected chi connectivity index (χ4v) is 4.79. The van der Waals surface area contributed by atoms with E-state index in [1.807, 2.05) is 19.1 Å². The zero-order chi connectivity index (χ0) is 23.0. The van der Waals surface area contributed by atoms with E-state index in [4.69, 9.17) is 13.9 Å². The van der Waals surface area contributed by atoms with Crippen molar-refractivity contribution < 1.29 is 18.7 Å². The molecule has 1 aliphatic carbocycles. The van der Waals surface area contributed by atoms with Crippen LogP contribution in [0.3, 0.4) is 0 Å². The van der Waals surface area contributed by atoms with Gasteiger partial charge in [0.1, 0.15) is 6.61 Å². The quantitative estimate of drug-likeness (QED) is 0.261. The highest BCUT2D eigenvalue weighted by Gasteiger charge is 2.25. The van der Waals surface area contributed by atoms with Gasteiger partial charge in [-0.3, -0.25) is 4.79 Å². The van der Waals surface area contributed by atoms with E-state index < -0.39 is 0 Å². The minimum atomic E-state index is -0.0247. The number of benzene rings is 2. The van der Waals surface area contributed by atoms with Crippen molar-refractivity contribution in [3.63, 3.8) is 0 Å². The Morgan fingerprint density at radius 3 is 2.55 bits per heavy atom. The molecule has 0 amide bonds. The number of nitrogens with one attached hydrogen (secondary N) is 1. The molecule has 1 heterocycles. The van der Waals surface area contributed by atoms with Gasteiger partial charge in [0, 0.05) is 18.0 Å². The molecule has 0 radical (unpaired) electrons. The van der Waals surface area contributed by atoms with Crippen LogP contribution < -0.4 is 14.8 Å². The van der Waals surface area contributed by atoms with Gasteiger partial charge in [-0.15, -0.1) is 0 Å². The highest BCUT2D eigenvalue weighted by atomic mass is 16.5. The summed E-state index contributed by atoms with van der Waals surface area (Å²) in [6.45, 7) is 5.30. The number of ether oxygens (including phenoxy) is 2. The largest absolute Gasteiger partial charge is 0.487 e. The lowest BCUT2D eigenvalue weighted by atomic mass is 9.99. The molecule has 176 valence electrons. The molecule has 33 heavy (non-hydrogen) atoms. The van der Waals surface area contributed by atoms with Crippen LogP contribution in [0.1, 0.15) is 66.9 Å². The maximum Gasteiger partial charge on any atom is 0.205 e. The molecule has 1 aliphatic rings. The van der Waals surface area contributed by atoms with Gasteiger partial charge in [-0.05, 0) is 63.1 Å². The zero-order valence-electron chi connectivity index (χ0n) is 19.8. The molecule has 0 atom stereocenters. The van der Waals surface area contributed by atoms with E-state index >= 15 is 0 Å². The molecule has 3 aromatic rings. The standard InChI is InChI=1S/C28H35NO4/c1-20-24-15-18-32-26(24)28(31-17-9-8-12-22-10-4-3-5-11-22)27(25(20)21(2)30)33-19-16-29-23-13-6-7-14-23/h3-5,10-11,15,18,23,29H,6-9,12-14,16-17,19H2,1-2H3. The van der Waals surface area contributed by atoms with Crippen LogP contribution in [0, 0.1) is 6.92 Å². The van der Waals surface area contributed by atoms with Crippen LogP contribution in [0.25, 0.3) is 11.0 Å². The number of carbonyl (C=O) groups excluding carboxylic acids is 1. The van der Waals surface area contributed by atoms with Gasteiger partial charge in [0.15, 0.2) is 17.1 Å². The van der Waals surface area contributed by atoms with Crippen molar-refractivity contribution in [1.29, 1.82) is 0 Å². The average molecular weight is 450 g/mol. The van der Waals surface area contributed by atoms with Crippen molar-refractivity contribution in [2.75, 3.05) is 19.8 Å². The third kappa shape index (κ3) is 5.77. The fraction of sp³-hybridized carbons (Fsp3) is 0.464. The molecule has 0 bridgehead atoms. The van der Waals surface area contributed by atoms with E-state index in [1.165, 1.54) is 31.2 Å². The molecule has 0 unspecified atom stereocenters. The normalized spacial score (nSPS) is 14.1. The van der Waals surface area contributed by atoms with Crippen molar-refractivity contribution in [1.82, 2.24) is 5.32 Å². The first-order valence-electron chi connectivity index (χ1n) is 12.2. The number of hydrogen-bond acceptors (Lipinski definition) is 5. The summed E-state index contributed by atoms with van der Waals surface area (Å²) < 4.78 is 18.2. The first-order chi connectivity index (χ1) is 16.1. The number of ketones is 1. The summed E-state index contributed by atoms with van der Waals surface area (Å²) in [5.41, 5.74) is 3.45. The molecule has 5 heteroatoms. The number of furan rings is 1. The molecule has 2 aromatic carbocycles. The van der Waals surface area contributed by atoms with Crippen LogP contribution in [0.2, 0.25) is 0 Å². The minimum absolute atomic E-state index is 0.0247.